The van der Waals surface area contributed by atoms with Gasteiger partial charge < -0.3 is 9.47 Å². The van der Waals surface area contributed by atoms with Gasteiger partial charge in [0.1, 0.15) is 33.3 Å². The monoisotopic (exact) mass is 578 g/mol. The van der Waals surface area contributed by atoms with Gasteiger partial charge in [0.15, 0.2) is 0 Å². The lowest BCUT2D eigenvalue weighted by Gasteiger charge is -2.26. The number of pyridine rings is 2. The van der Waals surface area contributed by atoms with Crippen LogP contribution in [0.5, 0.6) is 23.0 Å². The number of fused-ring (bicyclic) bond motifs is 2. The third-order valence-corrected chi connectivity index (χ3v) is 7.78. The highest BCUT2D eigenvalue weighted by atomic mass is 35.5. The van der Waals surface area contributed by atoms with Crippen molar-refractivity contribution in [3.8, 4) is 23.0 Å². The number of nitrogens with zero attached hydrogens (tertiary/aromatic N) is 2. The van der Waals surface area contributed by atoms with Crippen LogP contribution in [0, 0.1) is 13.8 Å². The van der Waals surface area contributed by atoms with Crippen molar-refractivity contribution in [3.63, 3.8) is 0 Å². The fraction of sp³-hybridized carbons (Fsp3) is 0.143. The molecule has 0 aliphatic rings. The maximum atomic E-state index is 6.27. The van der Waals surface area contributed by atoms with Crippen molar-refractivity contribution in [1.82, 2.24) is 9.97 Å². The first kappa shape index (κ1) is 27.1. The van der Waals surface area contributed by atoms with Crippen LogP contribution in [0.2, 0.25) is 10.3 Å². The lowest BCUT2D eigenvalue weighted by Crippen LogP contribution is -2.18. The van der Waals surface area contributed by atoms with E-state index in [2.05, 4.69) is 60.2 Å². The molecule has 6 heteroatoms. The van der Waals surface area contributed by atoms with Crippen molar-refractivity contribution in [2.24, 2.45) is 0 Å². The fourth-order valence-corrected chi connectivity index (χ4v) is 5.41. The number of halogens is 2. The Balaban J connectivity index is 1.22. The standard InChI is InChI=1S/C35H28Cl2N2O2/c1-21-5-15-29-27(17-21)31(19-33(36)38-29)40-25-11-7-23(8-12-25)35(3,4)24-9-13-26(14-10-24)41-32-20-34(37)39-30-16-6-22(2)18-28(30)32/h5-20H,1-4H3. The molecule has 6 rings (SSSR count). The van der Waals surface area contributed by atoms with E-state index in [4.69, 9.17) is 32.7 Å². The summed E-state index contributed by atoms with van der Waals surface area (Å²) < 4.78 is 12.5. The van der Waals surface area contributed by atoms with Gasteiger partial charge in [-0.2, -0.15) is 0 Å². The first-order valence-electron chi connectivity index (χ1n) is 13.4. The Kier molecular flexibility index (Phi) is 7.06. The van der Waals surface area contributed by atoms with Gasteiger partial charge in [0, 0.05) is 28.3 Å². The predicted octanol–water partition coefficient (Wildman–Crippen LogP) is 10.6. The van der Waals surface area contributed by atoms with Crippen LogP contribution in [0.25, 0.3) is 21.8 Å². The van der Waals surface area contributed by atoms with E-state index < -0.39 is 0 Å². The zero-order valence-corrected chi connectivity index (χ0v) is 24.7. The molecule has 2 aromatic heterocycles. The van der Waals surface area contributed by atoms with E-state index in [9.17, 15) is 0 Å². The second-order valence-electron chi connectivity index (χ2n) is 10.8. The van der Waals surface area contributed by atoms with Crippen LogP contribution in [0.15, 0.2) is 97.1 Å². The van der Waals surface area contributed by atoms with Crippen LogP contribution in [-0.2, 0) is 5.41 Å². The predicted molar refractivity (Wildman–Crippen MR) is 168 cm³/mol. The summed E-state index contributed by atoms with van der Waals surface area (Å²) in [6.45, 7) is 8.50. The SMILES string of the molecule is Cc1ccc2nc(Cl)cc(Oc3ccc(C(C)(C)c4ccc(Oc5cc(Cl)nc6ccc(C)cc56)cc4)cc3)c2c1. The van der Waals surface area contributed by atoms with Gasteiger partial charge in [0.25, 0.3) is 0 Å². The number of ether oxygens (including phenoxy) is 2. The Bertz CT molecular complexity index is 1760. The van der Waals surface area contributed by atoms with E-state index in [0.29, 0.717) is 21.8 Å². The average molecular weight is 580 g/mol. The van der Waals surface area contributed by atoms with Crippen LogP contribution >= 0.6 is 23.2 Å². The molecule has 6 aromatic rings. The minimum absolute atomic E-state index is 0.245. The van der Waals surface area contributed by atoms with Gasteiger partial charge in [-0.15, -0.1) is 0 Å². The van der Waals surface area contributed by atoms with Crippen molar-refractivity contribution in [1.29, 1.82) is 0 Å². The van der Waals surface area contributed by atoms with E-state index >= 15 is 0 Å². The van der Waals surface area contributed by atoms with Crippen LogP contribution in [-0.4, -0.2) is 9.97 Å². The van der Waals surface area contributed by atoms with Gasteiger partial charge >= 0.3 is 0 Å². The van der Waals surface area contributed by atoms with E-state index in [1.165, 1.54) is 0 Å². The molecule has 0 spiro atoms. The minimum atomic E-state index is -0.245. The highest BCUT2D eigenvalue weighted by Gasteiger charge is 2.23. The molecule has 2 heterocycles. The van der Waals surface area contributed by atoms with Crippen molar-refractivity contribution in [2.75, 3.05) is 0 Å². The summed E-state index contributed by atoms with van der Waals surface area (Å²) in [5.74, 6) is 2.84. The molecule has 0 radical (unpaired) electrons. The van der Waals surface area contributed by atoms with Gasteiger partial charge in [0.05, 0.1) is 11.0 Å². The van der Waals surface area contributed by atoms with Gasteiger partial charge in [0.2, 0.25) is 0 Å². The molecule has 0 saturated carbocycles. The topological polar surface area (TPSA) is 44.2 Å². The molecular weight excluding hydrogens is 551 g/mol. The summed E-state index contributed by atoms with van der Waals surface area (Å²) in [7, 11) is 0. The van der Waals surface area contributed by atoms with E-state index in [1.807, 2.05) is 62.4 Å². The molecular formula is C35H28Cl2N2O2. The molecule has 0 N–H and O–H groups in total. The maximum Gasteiger partial charge on any atom is 0.139 e. The molecule has 0 aliphatic carbocycles. The Morgan fingerprint density at radius 1 is 0.537 bits per heavy atom. The summed E-state index contributed by atoms with van der Waals surface area (Å²) in [5.41, 5.74) is 5.95. The molecule has 4 nitrogen and oxygen atoms in total. The smallest absolute Gasteiger partial charge is 0.139 e. The third kappa shape index (κ3) is 5.58. The number of hydrogen-bond donors (Lipinski definition) is 0. The number of hydrogen-bond acceptors (Lipinski definition) is 4. The lowest BCUT2D eigenvalue weighted by atomic mass is 9.78. The fourth-order valence-electron chi connectivity index (χ4n) is 5.02. The largest absolute Gasteiger partial charge is 0.457 e. The summed E-state index contributed by atoms with van der Waals surface area (Å²) in [6.07, 6.45) is 0. The maximum absolute atomic E-state index is 6.27. The van der Waals surface area contributed by atoms with Crippen LogP contribution < -0.4 is 9.47 Å². The van der Waals surface area contributed by atoms with E-state index in [-0.39, 0.29) is 5.41 Å². The molecule has 0 bridgehead atoms. The molecule has 204 valence electrons. The zero-order valence-electron chi connectivity index (χ0n) is 23.2. The van der Waals surface area contributed by atoms with E-state index in [0.717, 1.165) is 55.6 Å². The zero-order chi connectivity index (χ0) is 28.7. The van der Waals surface area contributed by atoms with Gasteiger partial charge in [-0.05, 0) is 73.5 Å². The Labute approximate surface area is 249 Å². The third-order valence-electron chi connectivity index (χ3n) is 7.40. The van der Waals surface area contributed by atoms with E-state index in [1.54, 1.807) is 12.1 Å². The molecule has 0 aliphatic heterocycles. The van der Waals surface area contributed by atoms with Crippen molar-refractivity contribution in [2.45, 2.75) is 33.1 Å². The minimum Gasteiger partial charge on any atom is -0.457 e. The van der Waals surface area contributed by atoms with Crippen LogP contribution in [0.3, 0.4) is 0 Å². The Morgan fingerprint density at radius 2 is 0.927 bits per heavy atom. The molecule has 0 saturated heterocycles. The highest BCUT2D eigenvalue weighted by Crippen LogP contribution is 2.37. The molecule has 0 unspecified atom stereocenters. The molecule has 0 fully saturated rings. The molecule has 0 atom stereocenters. The second kappa shape index (κ2) is 10.7. The molecule has 0 amide bonds. The van der Waals surface area contributed by atoms with Crippen molar-refractivity contribution >= 4 is 45.0 Å². The molecule has 4 aromatic carbocycles. The molecule has 41 heavy (non-hydrogen) atoms. The van der Waals surface area contributed by atoms with Crippen LogP contribution in [0.1, 0.15) is 36.1 Å². The first-order chi connectivity index (χ1) is 19.7. The summed E-state index contributed by atoms with van der Waals surface area (Å²) in [6, 6.07) is 32.0. The number of rotatable bonds is 6. The highest BCUT2D eigenvalue weighted by molar-refractivity contribution is 6.30. The Hall–Kier alpha value is -4.12. The number of aryl methyl sites for hydroxylation is 2. The summed E-state index contributed by atoms with van der Waals surface area (Å²) in [5, 5.41) is 2.66. The number of aromatic nitrogens is 2. The van der Waals surface area contributed by atoms with Gasteiger partial charge in [-0.1, -0.05) is 84.6 Å². The average Bonchev–Trinajstić information content (AvgIpc) is 2.94. The summed E-state index contributed by atoms with van der Waals surface area (Å²) >= 11 is 12.5. The lowest BCUT2D eigenvalue weighted by molar-refractivity contribution is 0.486. The number of benzene rings is 4. The van der Waals surface area contributed by atoms with Crippen molar-refractivity contribution in [3.05, 3.63) is 130 Å². The van der Waals surface area contributed by atoms with Crippen molar-refractivity contribution < 1.29 is 9.47 Å². The normalized spacial score (nSPS) is 11.7. The van der Waals surface area contributed by atoms with Gasteiger partial charge in [-0.25, -0.2) is 9.97 Å². The quantitative estimate of drug-likeness (QED) is 0.184. The summed E-state index contributed by atoms with van der Waals surface area (Å²) in [4.78, 5) is 8.83. The second-order valence-corrected chi connectivity index (χ2v) is 11.6. The van der Waals surface area contributed by atoms with Gasteiger partial charge in [-0.3, -0.25) is 0 Å². The first-order valence-corrected chi connectivity index (χ1v) is 14.1. The Morgan fingerprint density at radius 3 is 1.32 bits per heavy atom. The van der Waals surface area contributed by atoms with Crippen LogP contribution in [0.4, 0.5) is 0 Å².